The summed E-state index contributed by atoms with van der Waals surface area (Å²) in [7, 11) is 0. The van der Waals surface area contributed by atoms with Gasteiger partial charge in [-0.2, -0.15) is 0 Å². The lowest BCUT2D eigenvalue weighted by atomic mass is 9.88. The van der Waals surface area contributed by atoms with Crippen LogP contribution in [0.5, 0.6) is 0 Å². The molecule has 0 aliphatic carbocycles. The van der Waals surface area contributed by atoms with Crippen LogP contribution in [-0.2, 0) is 9.53 Å². The summed E-state index contributed by atoms with van der Waals surface area (Å²) in [5.41, 5.74) is 0. The molecule has 3 heteroatoms. The predicted octanol–water partition coefficient (Wildman–Crippen LogP) is 1.35. The highest BCUT2D eigenvalue weighted by atomic mass is 16.5. The summed E-state index contributed by atoms with van der Waals surface area (Å²) in [6, 6.07) is 0. The number of rotatable bonds is 4. The molecule has 1 fully saturated rings. The van der Waals surface area contributed by atoms with Crippen molar-refractivity contribution in [3.05, 3.63) is 0 Å². The van der Waals surface area contributed by atoms with E-state index in [0.717, 1.165) is 12.8 Å². The molecule has 0 aromatic rings. The molecule has 3 atom stereocenters. The molecule has 1 aliphatic heterocycles. The molecule has 0 bridgehead atoms. The van der Waals surface area contributed by atoms with Crippen molar-refractivity contribution in [1.29, 1.82) is 0 Å². The van der Waals surface area contributed by atoms with Gasteiger partial charge in [-0.15, -0.1) is 0 Å². The van der Waals surface area contributed by atoms with Crippen LogP contribution < -0.4 is 0 Å². The van der Waals surface area contributed by atoms with Gasteiger partial charge in [-0.25, -0.2) is 0 Å². The van der Waals surface area contributed by atoms with Crippen molar-refractivity contribution in [1.82, 2.24) is 0 Å². The van der Waals surface area contributed by atoms with Crippen LogP contribution in [-0.4, -0.2) is 23.8 Å². The Bertz CT molecular complexity index is 179. The Hall–Kier alpha value is -0.570. The fourth-order valence-corrected chi connectivity index (χ4v) is 1.84. The molecular weight excluding hydrogens is 168 g/mol. The summed E-state index contributed by atoms with van der Waals surface area (Å²) in [6.45, 7) is 4.54. The molecule has 0 spiro atoms. The van der Waals surface area contributed by atoms with Crippen molar-refractivity contribution in [2.75, 3.05) is 6.61 Å². The summed E-state index contributed by atoms with van der Waals surface area (Å²) in [5.74, 6) is -0.308. The second kappa shape index (κ2) is 4.61. The average Bonchev–Trinajstić information content (AvgIpc) is 2.50. The topological polar surface area (TPSA) is 46.5 Å². The fourth-order valence-electron chi connectivity index (χ4n) is 1.84. The molecule has 1 rings (SSSR count). The van der Waals surface area contributed by atoms with Crippen LogP contribution >= 0.6 is 0 Å². The van der Waals surface area contributed by atoms with Gasteiger partial charge in [0.05, 0.1) is 18.6 Å². The minimum Gasteiger partial charge on any atom is -0.465 e. The van der Waals surface area contributed by atoms with E-state index < -0.39 is 6.10 Å². The maximum atomic E-state index is 11.1. The maximum Gasteiger partial charge on any atom is 0.311 e. The van der Waals surface area contributed by atoms with E-state index in [9.17, 15) is 9.90 Å². The van der Waals surface area contributed by atoms with Gasteiger partial charge >= 0.3 is 5.97 Å². The monoisotopic (exact) mass is 186 g/mol. The van der Waals surface area contributed by atoms with Crippen molar-refractivity contribution in [3.63, 3.8) is 0 Å². The summed E-state index contributed by atoms with van der Waals surface area (Å²) >= 11 is 0. The molecule has 76 valence electrons. The van der Waals surface area contributed by atoms with Gasteiger partial charge in [-0.3, -0.25) is 4.79 Å². The lowest BCUT2D eigenvalue weighted by molar-refractivity contribution is -0.144. The van der Waals surface area contributed by atoms with Gasteiger partial charge in [0.25, 0.3) is 0 Å². The Kier molecular flexibility index (Phi) is 3.72. The lowest BCUT2D eigenvalue weighted by Crippen LogP contribution is -2.30. The van der Waals surface area contributed by atoms with Crippen LogP contribution in [0.1, 0.15) is 33.1 Å². The first-order valence-electron chi connectivity index (χ1n) is 5.01. The molecule has 13 heavy (non-hydrogen) atoms. The van der Waals surface area contributed by atoms with Crippen molar-refractivity contribution < 1.29 is 14.6 Å². The highest BCUT2D eigenvalue weighted by molar-refractivity contribution is 5.74. The first kappa shape index (κ1) is 10.5. The average molecular weight is 186 g/mol. The van der Waals surface area contributed by atoms with Gasteiger partial charge < -0.3 is 9.84 Å². The molecule has 1 saturated heterocycles. The third kappa shape index (κ3) is 2.44. The number of carbonyl (C=O) groups excluding carboxylic acids is 1. The first-order valence-corrected chi connectivity index (χ1v) is 5.01. The molecule has 0 unspecified atom stereocenters. The number of carbonyl (C=O) groups is 1. The third-order valence-corrected chi connectivity index (χ3v) is 2.72. The number of hydrogen-bond acceptors (Lipinski definition) is 3. The Morgan fingerprint density at radius 2 is 2.38 bits per heavy atom. The molecule has 1 aliphatic rings. The third-order valence-electron chi connectivity index (χ3n) is 2.72. The maximum absolute atomic E-state index is 11.1. The molecule has 0 amide bonds. The standard InChI is InChI=1S/C10H18O3/c1-3-4-7(2)9(11)8-5-6-13-10(8)12/h7-9,11H,3-6H2,1-2H3/t7-,8+,9+/m0/s1. The number of aliphatic hydroxyl groups excluding tert-OH is 1. The van der Waals surface area contributed by atoms with E-state index in [1.54, 1.807) is 0 Å². The number of ether oxygens (including phenoxy) is 1. The van der Waals surface area contributed by atoms with Crippen LogP contribution in [0.3, 0.4) is 0 Å². The van der Waals surface area contributed by atoms with Crippen molar-refractivity contribution in [2.45, 2.75) is 39.2 Å². The highest BCUT2D eigenvalue weighted by Gasteiger charge is 2.35. The van der Waals surface area contributed by atoms with E-state index in [4.69, 9.17) is 4.74 Å². The van der Waals surface area contributed by atoms with E-state index in [0.29, 0.717) is 13.0 Å². The largest absolute Gasteiger partial charge is 0.465 e. The Labute approximate surface area is 79.1 Å². The van der Waals surface area contributed by atoms with E-state index in [-0.39, 0.29) is 17.8 Å². The number of hydrogen-bond donors (Lipinski definition) is 1. The summed E-state index contributed by atoms with van der Waals surface area (Å²) < 4.78 is 4.82. The van der Waals surface area contributed by atoms with E-state index >= 15 is 0 Å². The normalized spacial score (nSPS) is 27.0. The van der Waals surface area contributed by atoms with E-state index in [2.05, 4.69) is 6.92 Å². The molecule has 3 nitrogen and oxygen atoms in total. The Balaban J connectivity index is 2.45. The van der Waals surface area contributed by atoms with Crippen LogP contribution in [0, 0.1) is 11.8 Å². The molecule has 0 aromatic heterocycles. The van der Waals surface area contributed by atoms with Crippen LogP contribution in [0.2, 0.25) is 0 Å². The minimum absolute atomic E-state index is 0.195. The van der Waals surface area contributed by atoms with Gasteiger partial charge in [-0.1, -0.05) is 20.3 Å². The molecule has 0 radical (unpaired) electrons. The van der Waals surface area contributed by atoms with Gasteiger partial charge in [0.2, 0.25) is 0 Å². The molecule has 0 saturated carbocycles. The second-order valence-electron chi connectivity index (χ2n) is 3.82. The predicted molar refractivity (Wildman–Crippen MR) is 49.1 cm³/mol. The molecule has 0 aromatic carbocycles. The molecular formula is C10H18O3. The lowest BCUT2D eigenvalue weighted by Gasteiger charge is -2.21. The second-order valence-corrected chi connectivity index (χ2v) is 3.82. The van der Waals surface area contributed by atoms with Crippen LogP contribution in [0.4, 0.5) is 0 Å². The fraction of sp³-hybridized carbons (Fsp3) is 0.900. The smallest absolute Gasteiger partial charge is 0.311 e. The Morgan fingerprint density at radius 1 is 1.69 bits per heavy atom. The summed E-state index contributed by atoms with van der Waals surface area (Å²) in [6.07, 6.45) is 2.16. The van der Waals surface area contributed by atoms with E-state index in [1.165, 1.54) is 0 Å². The van der Waals surface area contributed by atoms with Gasteiger partial charge in [0, 0.05) is 0 Å². The molecule has 1 heterocycles. The zero-order valence-corrected chi connectivity index (χ0v) is 8.32. The van der Waals surface area contributed by atoms with Gasteiger partial charge in [0.1, 0.15) is 0 Å². The van der Waals surface area contributed by atoms with Gasteiger partial charge in [-0.05, 0) is 18.8 Å². The summed E-state index contributed by atoms with van der Waals surface area (Å²) in [4.78, 5) is 11.1. The van der Waals surface area contributed by atoms with Crippen molar-refractivity contribution in [2.24, 2.45) is 11.8 Å². The minimum atomic E-state index is -0.519. The number of esters is 1. The first-order chi connectivity index (χ1) is 6.16. The zero-order chi connectivity index (χ0) is 9.84. The van der Waals surface area contributed by atoms with Crippen LogP contribution in [0.25, 0.3) is 0 Å². The van der Waals surface area contributed by atoms with Gasteiger partial charge in [0.15, 0.2) is 0 Å². The number of aliphatic hydroxyl groups is 1. The van der Waals surface area contributed by atoms with Crippen LogP contribution in [0.15, 0.2) is 0 Å². The quantitative estimate of drug-likeness (QED) is 0.674. The van der Waals surface area contributed by atoms with Crippen molar-refractivity contribution >= 4 is 5.97 Å². The summed E-state index contributed by atoms with van der Waals surface area (Å²) in [5, 5.41) is 9.82. The Morgan fingerprint density at radius 3 is 2.85 bits per heavy atom. The SMILES string of the molecule is CCC[C@H](C)[C@@H](O)[C@H]1CCOC1=O. The zero-order valence-electron chi connectivity index (χ0n) is 8.32. The highest BCUT2D eigenvalue weighted by Crippen LogP contribution is 2.25. The number of cyclic esters (lactones) is 1. The van der Waals surface area contributed by atoms with Crippen molar-refractivity contribution in [3.8, 4) is 0 Å². The molecule has 1 N–H and O–H groups in total. The van der Waals surface area contributed by atoms with E-state index in [1.807, 2.05) is 6.92 Å².